The van der Waals surface area contributed by atoms with Gasteiger partial charge < -0.3 is 9.52 Å². The number of carboxylic acids is 1. The van der Waals surface area contributed by atoms with Crippen molar-refractivity contribution in [2.24, 2.45) is 4.99 Å². The Bertz CT molecular complexity index is 1090. The lowest BCUT2D eigenvalue weighted by Crippen LogP contribution is -2.75. The maximum atomic E-state index is 12.8. The number of anilines is 1. The largest absolute Gasteiger partial charge is 0.481 e. The summed E-state index contributed by atoms with van der Waals surface area (Å²) in [5, 5.41) is 11.4. The van der Waals surface area contributed by atoms with Crippen LogP contribution in [0.5, 0.6) is 0 Å². The van der Waals surface area contributed by atoms with Gasteiger partial charge in [-0.05, 0) is 24.3 Å². The van der Waals surface area contributed by atoms with Gasteiger partial charge in [0.15, 0.2) is 16.4 Å². The van der Waals surface area contributed by atoms with Gasteiger partial charge in [0, 0.05) is 23.9 Å². The van der Waals surface area contributed by atoms with E-state index in [0.29, 0.717) is 12.2 Å². The highest BCUT2D eigenvalue weighted by Crippen LogP contribution is 2.35. The van der Waals surface area contributed by atoms with E-state index in [1.807, 2.05) is 17.5 Å². The van der Waals surface area contributed by atoms with E-state index in [2.05, 4.69) is 4.99 Å². The number of sulfonamides is 1. The van der Waals surface area contributed by atoms with Crippen molar-refractivity contribution in [1.29, 1.82) is 0 Å². The number of para-hydroxylation sites is 1. The number of aliphatic imine (C=N–C) groups is 1. The molecule has 0 radical (unpaired) electrons. The molecule has 0 spiro atoms. The van der Waals surface area contributed by atoms with Gasteiger partial charge in [0.1, 0.15) is 5.69 Å². The van der Waals surface area contributed by atoms with Crippen molar-refractivity contribution in [3.63, 3.8) is 0 Å². The van der Waals surface area contributed by atoms with Gasteiger partial charge in [-0.1, -0.05) is 17.8 Å². The van der Waals surface area contributed by atoms with Crippen LogP contribution in [0.25, 0.3) is 6.08 Å². The van der Waals surface area contributed by atoms with Gasteiger partial charge in [0.2, 0.25) is 5.09 Å². The summed E-state index contributed by atoms with van der Waals surface area (Å²) >= 11 is 1.45. The molecule has 0 bridgehead atoms. The van der Waals surface area contributed by atoms with Crippen molar-refractivity contribution in [1.82, 2.24) is 0 Å². The van der Waals surface area contributed by atoms with Gasteiger partial charge in [0.25, 0.3) is 10.0 Å². The number of rotatable bonds is 6. The second-order valence-corrected chi connectivity index (χ2v) is 9.60. The van der Waals surface area contributed by atoms with Gasteiger partial charge in [-0.2, -0.15) is 8.42 Å². The predicted octanol–water partition coefficient (Wildman–Crippen LogP) is 1.64. The number of carboxylic acid groups (broad SMARTS) is 1. The molecule has 10 heteroatoms. The van der Waals surface area contributed by atoms with E-state index in [9.17, 15) is 13.2 Å². The monoisotopic (exact) mass is 420 g/mol. The summed E-state index contributed by atoms with van der Waals surface area (Å²) in [6.45, 7) is 0.466. The van der Waals surface area contributed by atoms with E-state index < -0.39 is 16.0 Å². The van der Waals surface area contributed by atoms with E-state index >= 15 is 0 Å². The van der Waals surface area contributed by atoms with Gasteiger partial charge in [-0.25, -0.2) is 0 Å². The highest BCUT2D eigenvalue weighted by atomic mass is 32.2. The smallest absolute Gasteiger partial charge is 0.304 e. The summed E-state index contributed by atoms with van der Waals surface area (Å²) in [5.41, 5.74) is 3.06. The van der Waals surface area contributed by atoms with Crippen LogP contribution in [-0.4, -0.2) is 43.4 Å². The Morgan fingerprint density at radius 2 is 2.21 bits per heavy atom. The molecule has 1 aromatic carbocycles. The van der Waals surface area contributed by atoms with Crippen LogP contribution in [0.1, 0.15) is 12.0 Å². The SMILES string of the molecule is CN(c1cccc2c1[NH2+]C(C1=NCC(CC(=O)O)S1)=C2)S(=O)(=O)c1ccco1. The van der Waals surface area contributed by atoms with Gasteiger partial charge in [-0.3, -0.25) is 19.4 Å². The number of aliphatic carboxylic acids is 1. The van der Waals surface area contributed by atoms with Crippen LogP contribution in [0.2, 0.25) is 0 Å². The molecule has 3 heterocycles. The van der Waals surface area contributed by atoms with E-state index in [1.54, 1.807) is 12.1 Å². The topological polar surface area (TPSA) is 117 Å². The zero-order valence-electron chi connectivity index (χ0n) is 14.9. The molecule has 28 heavy (non-hydrogen) atoms. The number of fused-ring (bicyclic) bond motifs is 1. The number of nitrogens with two attached hydrogens (primary N) is 1. The van der Waals surface area contributed by atoms with Crippen molar-refractivity contribution in [2.75, 3.05) is 17.9 Å². The lowest BCUT2D eigenvalue weighted by Gasteiger charge is -2.19. The number of nitrogens with zero attached hydrogens (tertiary/aromatic N) is 2. The predicted molar refractivity (Wildman–Crippen MR) is 106 cm³/mol. The lowest BCUT2D eigenvalue weighted by molar-refractivity contribution is -0.502. The Labute approximate surface area is 166 Å². The number of furan rings is 1. The second-order valence-electron chi connectivity index (χ2n) is 6.41. The normalized spacial score (nSPS) is 18.5. The Hall–Kier alpha value is -2.56. The van der Waals surface area contributed by atoms with E-state index in [4.69, 9.17) is 9.52 Å². The lowest BCUT2D eigenvalue weighted by atomic mass is 10.1. The summed E-state index contributed by atoms with van der Waals surface area (Å²) in [5.74, 6) is -0.839. The molecule has 1 unspecified atom stereocenters. The third-order valence-electron chi connectivity index (χ3n) is 4.54. The Kier molecular flexibility index (Phi) is 4.77. The molecule has 0 saturated carbocycles. The van der Waals surface area contributed by atoms with Crippen molar-refractivity contribution in [3.8, 4) is 0 Å². The molecular formula is C18H18N3O5S2+. The molecule has 8 nitrogen and oxygen atoms in total. The van der Waals surface area contributed by atoms with Crippen molar-refractivity contribution >= 4 is 50.2 Å². The van der Waals surface area contributed by atoms with E-state index in [-0.39, 0.29) is 16.8 Å². The number of hydrogen-bond donors (Lipinski definition) is 2. The molecule has 1 atom stereocenters. The first kappa shape index (κ1) is 18.8. The summed E-state index contributed by atoms with van der Waals surface area (Å²) < 4.78 is 31.9. The number of thioether (sulfide) groups is 1. The van der Waals surface area contributed by atoms with E-state index in [0.717, 1.165) is 22.0 Å². The van der Waals surface area contributed by atoms with Gasteiger partial charge in [0.05, 0.1) is 19.2 Å². The zero-order chi connectivity index (χ0) is 19.9. The van der Waals surface area contributed by atoms with Crippen molar-refractivity contribution in [2.45, 2.75) is 16.8 Å². The molecule has 4 rings (SSSR count). The first-order valence-corrected chi connectivity index (χ1v) is 10.8. The molecule has 1 aromatic heterocycles. The van der Waals surface area contributed by atoms with Crippen molar-refractivity contribution < 1.29 is 28.1 Å². The molecule has 0 fully saturated rings. The number of quaternary nitrogens is 1. The third-order valence-corrected chi connectivity index (χ3v) is 7.44. The minimum atomic E-state index is -3.81. The van der Waals surface area contributed by atoms with Gasteiger partial charge >= 0.3 is 5.97 Å². The highest BCUT2D eigenvalue weighted by molar-refractivity contribution is 8.15. The van der Waals surface area contributed by atoms with Crippen LogP contribution in [0, 0.1) is 0 Å². The maximum absolute atomic E-state index is 12.8. The third kappa shape index (κ3) is 3.34. The van der Waals surface area contributed by atoms with Crippen LogP contribution >= 0.6 is 11.8 Å². The fraction of sp³-hybridized carbons (Fsp3) is 0.222. The van der Waals surface area contributed by atoms with Crippen LogP contribution in [-0.2, 0) is 14.8 Å². The molecule has 2 aliphatic heterocycles. The Balaban J connectivity index is 1.58. The van der Waals surface area contributed by atoms with Crippen molar-refractivity contribution in [3.05, 3.63) is 47.9 Å². The van der Waals surface area contributed by atoms with Crippen LogP contribution in [0.4, 0.5) is 11.4 Å². The summed E-state index contributed by atoms with van der Waals surface area (Å²) in [7, 11) is -2.32. The first-order chi connectivity index (χ1) is 13.4. The fourth-order valence-corrected chi connectivity index (χ4v) is 5.38. The van der Waals surface area contributed by atoms with Crippen LogP contribution in [0.3, 0.4) is 0 Å². The number of hydrogen-bond acceptors (Lipinski definition) is 6. The molecule has 0 saturated heterocycles. The average Bonchev–Trinajstić information content (AvgIpc) is 3.39. The second kappa shape index (κ2) is 7.12. The Morgan fingerprint density at radius 1 is 1.39 bits per heavy atom. The standard InChI is InChI=1S/C18H17N3O5S2/c1-21(28(24,25)16-6-3-7-26-16)14-5-2-4-11-8-13(20-17(11)14)18-19-10-12(27-18)9-15(22)23/h2-8,12,20H,9-10H2,1H3,(H,22,23)/p+1. The molecule has 2 aliphatic rings. The Morgan fingerprint density at radius 3 is 2.93 bits per heavy atom. The summed E-state index contributed by atoms with van der Waals surface area (Å²) in [6, 6.07) is 8.39. The molecule has 2 aromatic rings. The van der Waals surface area contributed by atoms with Crippen LogP contribution < -0.4 is 9.62 Å². The van der Waals surface area contributed by atoms with Crippen LogP contribution in [0.15, 0.2) is 56.8 Å². The number of benzene rings is 1. The summed E-state index contributed by atoms with van der Waals surface area (Å²) in [4.78, 5) is 15.4. The fourth-order valence-electron chi connectivity index (χ4n) is 3.17. The first-order valence-electron chi connectivity index (χ1n) is 8.51. The summed E-state index contributed by atoms with van der Waals surface area (Å²) in [6.07, 6.45) is 3.33. The quantitative estimate of drug-likeness (QED) is 0.686. The minimum Gasteiger partial charge on any atom is -0.481 e. The molecular weight excluding hydrogens is 402 g/mol. The maximum Gasteiger partial charge on any atom is 0.304 e. The highest BCUT2D eigenvalue weighted by Gasteiger charge is 2.34. The van der Waals surface area contributed by atoms with E-state index in [1.165, 1.54) is 41.5 Å². The average molecular weight is 420 g/mol. The van der Waals surface area contributed by atoms with Gasteiger partial charge in [-0.15, -0.1) is 0 Å². The number of carbonyl (C=O) groups is 1. The minimum absolute atomic E-state index is 0.0628. The molecule has 3 N–H and O–H groups in total. The molecule has 0 aliphatic carbocycles. The molecule has 0 amide bonds. The zero-order valence-corrected chi connectivity index (χ0v) is 16.5. The molecule has 146 valence electrons.